The minimum atomic E-state index is -0.0666. The lowest BCUT2D eigenvalue weighted by Crippen LogP contribution is -2.38. The number of hydrogen-bond acceptors (Lipinski definition) is 5. The van der Waals surface area contributed by atoms with E-state index in [4.69, 9.17) is 0 Å². The highest BCUT2D eigenvalue weighted by molar-refractivity contribution is 5.94. The van der Waals surface area contributed by atoms with E-state index in [0.717, 1.165) is 56.2 Å². The van der Waals surface area contributed by atoms with Gasteiger partial charge in [-0.1, -0.05) is 12.1 Å². The first-order valence-electron chi connectivity index (χ1n) is 8.91. The minimum absolute atomic E-state index is 0.0666. The van der Waals surface area contributed by atoms with Gasteiger partial charge in [-0.3, -0.25) is 9.79 Å². The van der Waals surface area contributed by atoms with Crippen molar-refractivity contribution in [2.45, 2.75) is 25.7 Å². The van der Waals surface area contributed by atoms with Crippen LogP contribution >= 0.6 is 0 Å². The van der Waals surface area contributed by atoms with Crippen molar-refractivity contribution >= 4 is 17.6 Å². The first-order chi connectivity index (χ1) is 11.8. The van der Waals surface area contributed by atoms with Gasteiger partial charge in [0.1, 0.15) is 0 Å². The molecule has 2 aliphatic rings. The fourth-order valence-corrected chi connectivity index (χ4v) is 3.49. The lowest BCUT2D eigenvalue weighted by atomic mass is 9.80. The number of rotatable bonds is 5. The Morgan fingerprint density at radius 3 is 2.62 bits per heavy atom. The summed E-state index contributed by atoms with van der Waals surface area (Å²) in [6.07, 6.45) is 2.09. The number of benzene rings is 1. The molecule has 130 valence electrons. The first kappa shape index (κ1) is 16.8. The van der Waals surface area contributed by atoms with Crippen LogP contribution < -0.4 is 21.3 Å². The van der Waals surface area contributed by atoms with E-state index in [0.29, 0.717) is 12.5 Å². The Morgan fingerprint density at radius 1 is 1.25 bits per heavy atom. The second-order valence-electron chi connectivity index (χ2n) is 6.36. The van der Waals surface area contributed by atoms with Gasteiger partial charge >= 0.3 is 0 Å². The van der Waals surface area contributed by atoms with E-state index < -0.39 is 0 Å². The van der Waals surface area contributed by atoms with Gasteiger partial charge in [-0.05, 0) is 56.5 Å². The van der Waals surface area contributed by atoms with Crippen LogP contribution in [0.1, 0.15) is 31.2 Å². The predicted molar refractivity (Wildman–Crippen MR) is 97.4 cm³/mol. The number of piperidine rings is 1. The van der Waals surface area contributed by atoms with Crippen molar-refractivity contribution in [1.29, 1.82) is 0 Å². The molecular formula is C18H27N5O. The SMILES string of the molecule is CCNC(=O)C(c1ccc(NC2=NCCN2)cc1)C1CCNCC1. The topological polar surface area (TPSA) is 77.5 Å². The van der Waals surface area contributed by atoms with Gasteiger partial charge in [0.05, 0.1) is 12.5 Å². The maximum absolute atomic E-state index is 12.6. The summed E-state index contributed by atoms with van der Waals surface area (Å²) in [5.41, 5.74) is 2.09. The number of hydrogen-bond donors (Lipinski definition) is 4. The van der Waals surface area contributed by atoms with Crippen LogP contribution in [0, 0.1) is 5.92 Å². The number of amides is 1. The quantitative estimate of drug-likeness (QED) is 0.656. The summed E-state index contributed by atoms with van der Waals surface area (Å²) in [4.78, 5) is 17.0. The normalized spacial score (nSPS) is 19.3. The molecule has 0 aromatic heterocycles. The Bertz CT molecular complexity index is 578. The number of anilines is 1. The average molecular weight is 329 g/mol. The van der Waals surface area contributed by atoms with Crippen LogP contribution in [0.25, 0.3) is 0 Å². The highest BCUT2D eigenvalue weighted by Gasteiger charge is 2.30. The third-order valence-corrected chi connectivity index (χ3v) is 4.70. The van der Waals surface area contributed by atoms with Gasteiger partial charge in [0.2, 0.25) is 5.91 Å². The molecule has 0 radical (unpaired) electrons. The number of carbonyl (C=O) groups is 1. The van der Waals surface area contributed by atoms with Crippen LogP contribution in [0.5, 0.6) is 0 Å². The fourth-order valence-electron chi connectivity index (χ4n) is 3.49. The second-order valence-corrected chi connectivity index (χ2v) is 6.36. The number of guanidine groups is 1. The van der Waals surface area contributed by atoms with Gasteiger partial charge in [-0.2, -0.15) is 0 Å². The first-order valence-corrected chi connectivity index (χ1v) is 8.91. The Labute approximate surface area is 143 Å². The van der Waals surface area contributed by atoms with Crippen molar-refractivity contribution in [1.82, 2.24) is 16.0 Å². The number of nitrogens with one attached hydrogen (secondary N) is 4. The Morgan fingerprint density at radius 2 is 2.00 bits per heavy atom. The maximum atomic E-state index is 12.6. The highest BCUT2D eigenvalue weighted by Crippen LogP contribution is 2.32. The van der Waals surface area contributed by atoms with Crippen molar-refractivity contribution in [3.8, 4) is 0 Å². The van der Waals surface area contributed by atoms with Gasteiger partial charge < -0.3 is 21.3 Å². The molecule has 3 rings (SSSR count). The summed E-state index contributed by atoms with van der Waals surface area (Å²) in [6, 6.07) is 8.20. The molecule has 0 spiro atoms. The molecule has 1 unspecified atom stereocenters. The molecule has 1 aromatic rings. The minimum Gasteiger partial charge on any atom is -0.356 e. The van der Waals surface area contributed by atoms with E-state index >= 15 is 0 Å². The highest BCUT2D eigenvalue weighted by atomic mass is 16.1. The summed E-state index contributed by atoms with van der Waals surface area (Å²) in [6.45, 7) is 6.33. The molecule has 24 heavy (non-hydrogen) atoms. The third kappa shape index (κ3) is 4.06. The average Bonchev–Trinajstić information content (AvgIpc) is 3.11. The standard InChI is InChI=1S/C18H27N5O/c1-2-20-17(24)16(14-7-9-19-10-8-14)13-3-5-15(6-4-13)23-18-21-11-12-22-18/h3-6,14,16,19H,2,7-12H2,1H3,(H,20,24)(H2,21,22,23). The summed E-state index contributed by atoms with van der Waals surface area (Å²) < 4.78 is 0. The van der Waals surface area contributed by atoms with Crippen LogP contribution in [-0.2, 0) is 4.79 Å². The zero-order chi connectivity index (χ0) is 16.8. The van der Waals surface area contributed by atoms with Crippen LogP contribution in [0.15, 0.2) is 29.3 Å². The van der Waals surface area contributed by atoms with Crippen LogP contribution in [-0.4, -0.2) is 44.6 Å². The zero-order valence-corrected chi connectivity index (χ0v) is 14.3. The van der Waals surface area contributed by atoms with Gasteiger partial charge in [0.25, 0.3) is 0 Å². The number of aliphatic imine (C=N–C) groups is 1. The van der Waals surface area contributed by atoms with Crippen LogP contribution in [0.4, 0.5) is 5.69 Å². The molecular weight excluding hydrogens is 302 g/mol. The van der Waals surface area contributed by atoms with Gasteiger partial charge in [0.15, 0.2) is 5.96 Å². The molecule has 4 N–H and O–H groups in total. The van der Waals surface area contributed by atoms with Crippen LogP contribution in [0.3, 0.4) is 0 Å². The molecule has 1 atom stereocenters. The molecule has 6 nitrogen and oxygen atoms in total. The largest absolute Gasteiger partial charge is 0.356 e. The monoisotopic (exact) mass is 329 g/mol. The van der Waals surface area contributed by atoms with Gasteiger partial charge in [-0.25, -0.2) is 0 Å². The summed E-state index contributed by atoms with van der Waals surface area (Å²) in [7, 11) is 0. The van der Waals surface area contributed by atoms with E-state index in [-0.39, 0.29) is 11.8 Å². The third-order valence-electron chi connectivity index (χ3n) is 4.70. The van der Waals surface area contributed by atoms with E-state index in [1.807, 2.05) is 19.1 Å². The summed E-state index contributed by atoms with van der Waals surface area (Å²) >= 11 is 0. The molecule has 0 aliphatic carbocycles. The molecule has 0 saturated carbocycles. The Balaban J connectivity index is 1.74. The Kier molecular flexibility index (Phi) is 5.69. The smallest absolute Gasteiger partial charge is 0.227 e. The van der Waals surface area contributed by atoms with Gasteiger partial charge in [0, 0.05) is 18.8 Å². The lowest BCUT2D eigenvalue weighted by molar-refractivity contribution is -0.123. The van der Waals surface area contributed by atoms with E-state index in [2.05, 4.69) is 38.4 Å². The number of carbonyl (C=O) groups excluding carboxylic acids is 1. The van der Waals surface area contributed by atoms with E-state index in [1.165, 1.54) is 0 Å². The molecule has 2 heterocycles. The molecule has 6 heteroatoms. The fraction of sp³-hybridized carbons (Fsp3) is 0.556. The molecule has 2 aliphatic heterocycles. The lowest BCUT2D eigenvalue weighted by Gasteiger charge is -2.30. The molecule has 1 aromatic carbocycles. The van der Waals surface area contributed by atoms with Crippen molar-refractivity contribution in [2.24, 2.45) is 10.9 Å². The molecule has 1 saturated heterocycles. The second kappa shape index (κ2) is 8.15. The maximum Gasteiger partial charge on any atom is 0.227 e. The van der Waals surface area contributed by atoms with Crippen molar-refractivity contribution in [2.75, 3.05) is 38.0 Å². The van der Waals surface area contributed by atoms with Crippen LogP contribution in [0.2, 0.25) is 0 Å². The predicted octanol–water partition coefficient (Wildman–Crippen LogP) is 1.28. The van der Waals surface area contributed by atoms with E-state index in [1.54, 1.807) is 0 Å². The molecule has 1 amide bonds. The summed E-state index contributed by atoms with van der Waals surface area (Å²) in [5, 5.41) is 12.9. The van der Waals surface area contributed by atoms with Crippen molar-refractivity contribution < 1.29 is 4.79 Å². The van der Waals surface area contributed by atoms with Crippen molar-refractivity contribution in [3.63, 3.8) is 0 Å². The van der Waals surface area contributed by atoms with Gasteiger partial charge in [-0.15, -0.1) is 0 Å². The Hall–Kier alpha value is -2.08. The zero-order valence-electron chi connectivity index (χ0n) is 14.3. The molecule has 0 bridgehead atoms. The number of nitrogens with zero attached hydrogens (tertiary/aromatic N) is 1. The van der Waals surface area contributed by atoms with Crippen molar-refractivity contribution in [3.05, 3.63) is 29.8 Å². The molecule has 1 fully saturated rings. The number of likely N-dealkylation sites (N-methyl/N-ethyl adjacent to an activating group) is 1. The van der Waals surface area contributed by atoms with E-state index in [9.17, 15) is 4.79 Å². The summed E-state index contributed by atoms with van der Waals surface area (Å²) in [5.74, 6) is 1.30.